The van der Waals surface area contributed by atoms with Crippen LogP contribution in [0.1, 0.15) is 18.6 Å². The molecule has 1 fully saturated rings. The van der Waals surface area contributed by atoms with Crippen LogP contribution in [0.2, 0.25) is 5.02 Å². The van der Waals surface area contributed by atoms with Crippen molar-refractivity contribution in [1.29, 1.82) is 0 Å². The van der Waals surface area contributed by atoms with E-state index in [0.29, 0.717) is 37.5 Å². The molecule has 0 unspecified atom stereocenters. The molecule has 28 heavy (non-hydrogen) atoms. The number of nitrogens with zero attached hydrogens (tertiary/aromatic N) is 1. The minimum absolute atomic E-state index is 0.00198. The zero-order valence-corrected chi connectivity index (χ0v) is 17.7. The molecule has 1 saturated heterocycles. The number of carbonyl (C=O) groups is 1. The Morgan fingerprint density at radius 3 is 2.57 bits per heavy atom. The van der Waals surface area contributed by atoms with Gasteiger partial charge < -0.3 is 9.73 Å². The van der Waals surface area contributed by atoms with E-state index in [1.54, 1.807) is 30.2 Å². The molecule has 3 rings (SSSR count). The van der Waals surface area contributed by atoms with Crippen molar-refractivity contribution >= 4 is 39.3 Å². The summed E-state index contributed by atoms with van der Waals surface area (Å²) in [5.74, 6) is 2.36. The third-order valence-electron chi connectivity index (χ3n) is 4.65. The highest BCUT2D eigenvalue weighted by Gasteiger charge is 2.31. The van der Waals surface area contributed by atoms with Gasteiger partial charge in [0.2, 0.25) is 15.9 Å². The van der Waals surface area contributed by atoms with Crippen LogP contribution in [0.4, 0.5) is 0 Å². The Hall–Kier alpha value is -1.48. The summed E-state index contributed by atoms with van der Waals surface area (Å²) in [4.78, 5) is 12.6. The predicted octanol–water partition coefficient (Wildman–Crippen LogP) is 3.38. The van der Waals surface area contributed by atoms with Gasteiger partial charge in [0.05, 0.1) is 16.9 Å². The van der Waals surface area contributed by atoms with Gasteiger partial charge in [0, 0.05) is 36.3 Å². The first-order valence-corrected chi connectivity index (χ1v) is 12.1. The topological polar surface area (TPSA) is 79.6 Å². The summed E-state index contributed by atoms with van der Waals surface area (Å²) < 4.78 is 32.1. The standard InChI is InChI=1S/C19H23ClN2O4S2/c20-16-3-5-18(6-4-16)28(24,25)22-10-7-15(8-11-22)19(23)21-9-13-27-14-17-2-1-12-26-17/h1-6,12,15H,7-11,13-14H2,(H,21,23). The largest absolute Gasteiger partial charge is 0.468 e. The number of hydrogen-bond acceptors (Lipinski definition) is 5. The molecule has 1 aromatic carbocycles. The summed E-state index contributed by atoms with van der Waals surface area (Å²) in [5.41, 5.74) is 0. The lowest BCUT2D eigenvalue weighted by atomic mass is 9.97. The lowest BCUT2D eigenvalue weighted by molar-refractivity contribution is -0.125. The molecule has 1 aromatic heterocycles. The number of piperidine rings is 1. The molecule has 152 valence electrons. The first kappa shape index (κ1) is 21.2. The van der Waals surface area contributed by atoms with Gasteiger partial charge in [0.15, 0.2) is 0 Å². The Morgan fingerprint density at radius 2 is 1.93 bits per heavy atom. The summed E-state index contributed by atoms with van der Waals surface area (Å²) in [7, 11) is -3.54. The van der Waals surface area contributed by atoms with E-state index in [4.69, 9.17) is 16.0 Å². The van der Waals surface area contributed by atoms with Crippen LogP contribution in [0.25, 0.3) is 0 Å². The van der Waals surface area contributed by atoms with Crippen LogP contribution in [0.5, 0.6) is 0 Å². The maximum Gasteiger partial charge on any atom is 0.243 e. The van der Waals surface area contributed by atoms with E-state index < -0.39 is 10.0 Å². The number of rotatable bonds is 8. The minimum atomic E-state index is -3.54. The van der Waals surface area contributed by atoms with Gasteiger partial charge in [0.1, 0.15) is 5.76 Å². The van der Waals surface area contributed by atoms with E-state index >= 15 is 0 Å². The van der Waals surface area contributed by atoms with Crippen molar-refractivity contribution in [2.24, 2.45) is 5.92 Å². The summed E-state index contributed by atoms with van der Waals surface area (Å²) in [6, 6.07) is 9.94. The molecule has 1 N–H and O–H groups in total. The zero-order valence-electron chi connectivity index (χ0n) is 15.3. The molecule has 0 aliphatic carbocycles. The molecule has 9 heteroatoms. The zero-order chi connectivity index (χ0) is 20.0. The summed E-state index contributed by atoms with van der Waals surface area (Å²) >= 11 is 7.53. The van der Waals surface area contributed by atoms with Gasteiger partial charge in [-0.05, 0) is 49.2 Å². The van der Waals surface area contributed by atoms with Crippen molar-refractivity contribution in [3.63, 3.8) is 0 Å². The first-order chi connectivity index (χ1) is 13.5. The fraction of sp³-hybridized carbons (Fsp3) is 0.421. The number of sulfonamides is 1. The van der Waals surface area contributed by atoms with E-state index in [1.807, 2.05) is 12.1 Å². The van der Waals surface area contributed by atoms with E-state index in [9.17, 15) is 13.2 Å². The minimum Gasteiger partial charge on any atom is -0.468 e. The number of furan rings is 1. The van der Waals surface area contributed by atoms with Crippen molar-refractivity contribution in [2.45, 2.75) is 23.5 Å². The molecule has 0 radical (unpaired) electrons. The van der Waals surface area contributed by atoms with Gasteiger partial charge in [-0.15, -0.1) is 0 Å². The quantitative estimate of drug-likeness (QED) is 0.634. The third kappa shape index (κ3) is 5.53. The molecule has 2 aromatic rings. The molecule has 0 spiro atoms. The monoisotopic (exact) mass is 442 g/mol. The number of benzene rings is 1. The second-order valence-electron chi connectivity index (χ2n) is 6.56. The van der Waals surface area contributed by atoms with Crippen molar-refractivity contribution < 1.29 is 17.6 Å². The summed E-state index contributed by atoms with van der Waals surface area (Å²) in [6.45, 7) is 1.28. The second kappa shape index (κ2) is 9.82. The number of nitrogens with one attached hydrogen (secondary N) is 1. The fourth-order valence-corrected chi connectivity index (χ4v) is 5.42. The van der Waals surface area contributed by atoms with Crippen LogP contribution >= 0.6 is 23.4 Å². The van der Waals surface area contributed by atoms with E-state index in [2.05, 4.69) is 5.32 Å². The van der Waals surface area contributed by atoms with Gasteiger partial charge in [-0.1, -0.05) is 11.6 Å². The Labute approximate surface area is 174 Å². The molecule has 0 bridgehead atoms. The second-order valence-corrected chi connectivity index (χ2v) is 10.0. The van der Waals surface area contributed by atoms with Crippen LogP contribution in [0.15, 0.2) is 52.0 Å². The Morgan fingerprint density at radius 1 is 1.21 bits per heavy atom. The number of carbonyl (C=O) groups excluding carboxylic acids is 1. The van der Waals surface area contributed by atoms with Gasteiger partial charge in [-0.3, -0.25) is 4.79 Å². The predicted molar refractivity (Wildman–Crippen MR) is 111 cm³/mol. The van der Waals surface area contributed by atoms with Crippen molar-refractivity contribution in [3.8, 4) is 0 Å². The number of amides is 1. The van der Waals surface area contributed by atoms with Gasteiger partial charge >= 0.3 is 0 Å². The van der Waals surface area contributed by atoms with Crippen molar-refractivity contribution in [2.75, 3.05) is 25.4 Å². The summed E-state index contributed by atoms with van der Waals surface area (Å²) in [6.07, 6.45) is 2.70. The molecule has 0 saturated carbocycles. The highest BCUT2D eigenvalue weighted by Crippen LogP contribution is 2.25. The van der Waals surface area contributed by atoms with E-state index in [-0.39, 0.29) is 16.7 Å². The molecular formula is C19H23ClN2O4S2. The van der Waals surface area contributed by atoms with Crippen LogP contribution in [-0.2, 0) is 20.6 Å². The van der Waals surface area contributed by atoms with Crippen LogP contribution < -0.4 is 5.32 Å². The normalized spacial score (nSPS) is 16.2. The number of hydrogen-bond donors (Lipinski definition) is 1. The number of halogens is 1. The molecule has 2 heterocycles. The smallest absolute Gasteiger partial charge is 0.243 e. The molecule has 1 aliphatic heterocycles. The molecular weight excluding hydrogens is 420 g/mol. The maximum atomic E-state index is 12.7. The van der Waals surface area contributed by atoms with Gasteiger partial charge in [-0.25, -0.2) is 8.42 Å². The third-order valence-corrected chi connectivity index (χ3v) is 7.79. The fourth-order valence-electron chi connectivity index (χ4n) is 3.07. The lowest BCUT2D eigenvalue weighted by Gasteiger charge is -2.30. The molecule has 1 amide bonds. The molecule has 1 aliphatic rings. The lowest BCUT2D eigenvalue weighted by Crippen LogP contribution is -2.43. The summed E-state index contributed by atoms with van der Waals surface area (Å²) in [5, 5.41) is 3.45. The van der Waals surface area contributed by atoms with Gasteiger partial charge in [0.25, 0.3) is 0 Å². The SMILES string of the molecule is O=C(NCCSCc1ccco1)C1CCN(S(=O)(=O)c2ccc(Cl)cc2)CC1. The van der Waals surface area contributed by atoms with Crippen molar-refractivity contribution in [3.05, 3.63) is 53.4 Å². The average Bonchev–Trinajstić information content (AvgIpc) is 3.21. The van der Waals surface area contributed by atoms with E-state index in [0.717, 1.165) is 17.3 Å². The first-order valence-electron chi connectivity index (χ1n) is 9.10. The Kier molecular flexibility index (Phi) is 7.45. The maximum absolute atomic E-state index is 12.7. The van der Waals surface area contributed by atoms with E-state index in [1.165, 1.54) is 16.4 Å². The number of thioether (sulfide) groups is 1. The Bertz CT molecular complexity index is 862. The van der Waals surface area contributed by atoms with Crippen molar-refractivity contribution in [1.82, 2.24) is 9.62 Å². The Balaban J connectivity index is 1.40. The molecule has 6 nitrogen and oxygen atoms in total. The molecule has 0 atom stereocenters. The van der Waals surface area contributed by atoms with Crippen LogP contribution in [0.3, 0.4) is 0 Å². The van der Waals surface area contributed by atoms with Gasteiger partial charge in [-0.2, -0.15) is 16.1 Å². The average molecular weight is 443 g/mol. The highest BCUT2D eigenvalue weighted by molar-refractivity contribution is 7.98. The van der Waals surface area contributed by atoms with Crippen LogP contribution in [-0.4, -0.2) is 44.0 Å². The van der Waals surface area contributed by atoms with Crippen LogP contribution in [0, 0.1) is 5.92 Å². The highest BCUT2D eigenvalue weighted by atomic mass is 35.5.